The highest BCUT2D eigenvalue weighted by Crippen LogP contribution is 2.36. The van der Waals surface area contributed by atoms with Crippen LogP contribution in [0.15, 0.2) is 17.0 Å². The van der Waals surface area contributed by atoms with Crippen molar-refractivity contribution in [2.45, 2.75) is 83.5 Å². The average molecular weight is 518 g/mol. The van der Waals surface area contributed by atoms with E-state index >= 15 is 0 Å². The van der Waals surface area contributed by atoms with Gasteiger partial charge in [0.15, 0.2) is 0 Å². The monoisotopic (exact) mass is 517 g/mol. The molecule has 3 rings (SSSR count). The van der Waals surface area contributed by atoms with Gasteiger partial charge in [-0.15, -0.1) is 0 Å². The van der Waals surface area contributed by atoms with Crippen LogP contribution >= 0.6 is 0 Å². The molecule has 1 heterocycles. The Morgan fingerprint density at radius 1 is 1.00 bits per heavy atom. The Balaban J connectivity index is 1.75. The molecule has 0 unspecified atom stereocenters. The van der Waals surface area contributed by atoms with Gasteiger partial charge in [-0.2, -0.15) is 17.5 Å². The summed E-state index contributed by atoms with van der Waals surface area (Å²) in [5.74, 6) is -0.225. The minimum absolute atomic E-state index is 0.0438. The quantitative estimate of drug-likeness (QED) is 0.565. The predicted octanol–water partition coefficient (Wildman–Crippen LogP) is 4.28. The van der Waals surface area contributed by atoms with Crippen molar-refractivity contribution in [2.75, 3.05) is 32.7 Å². The van der Waals surface area contributed by atoms with Crippen LogP contribution in [0.25, 0.3) is 0 Å². The molecule has 0 N–H and O–H groups in total. The molecule has 1 saturated carbocycles. The molecule has 0 atom stereocenters. The SMILES string of the molecule is Cc1cc(C)c(S(=O)(=O)N(CC(F)(F)F)[C@H]2CC[C@H](C(=O)N3CCN(C(C)C)CC3)CC2)c(C)c1. The number of sulfonamides is 1. The lowest BCUT2D eigenvalue weighted by Gasteiger charge is -2.40. The summed E-state index contributed by atoms with van der Waals surface area (Å²) in [7, 11) is -4.37. The smallest absolute Gasteiger partial charge is 0.340 e. The topological polar surface area (TPSA) is 60.9 Å². The number of alkyl halides is 3. The van der Waals surface area contributed by atoms with Crippen LogP contribution in [0.4, 0.5) is 13.2 Å². The molecular weight excluding hydrogens is 479 g/mol. The molecule has 1 aliphatic heterocycles. The van der Waals surface area contributed by atoms with Crippen LogP contribution in [0, 0.1) is 26.7 Å². The van der Waals surface area contributed by atoms with Crippen LogP contribution in [-0.2, 0) is 14.8 Å². The van der Waals surface area contributed by atoms with E-state index in [0.29, 0.717) is 47.4 Å². The minimum atomic E-state index is -4.66. The van der Waals surface area contributed by atoms with Gasteiger partial charge in [-0.1, -0.05) is 17.7 Å². The van der Waals surface area contributed by atoms with E-state index in [1.54, 1.807) is 26.0 Å². The second kappa shape index (κ2) is 10.8. The van der Waals surface area contributed by atoms with Crippen LogP contribution in [0.1, 0.15) is 56.2 Å². The fourth-order valence-electron chi connectivity index (χ4n) is 5.61. The highest BCUT2D eigenvalue weighted by Gasteiger charge is 2.43. The molecule has 1 aromatic rings. The summed E-state index contributed by atoms with van der Waals surface area (Å²) in [6.45, 7) is 10.7. The Hall–Kier alpha value is -1.65. The summed E-state index contributed by atoms with van der Waals surface area (Å²) in [4.78, 5) is 17.2. The lowest BCUT2D eigenvalue weighted by molar-refractivity contribution is -0.144. The molecule has 35 heavy (non-hydrogen) atoms. The van der Waals surface area contributed by atoms with Crippen LogP contribution in [-0.4, -0.2) is 79.4 Å². The van der Waals surface area contributed by atoms with E-state index in [0.717, 1.165) is 18.7 Å². The van der Waals surface area contributed by atoms with Crippen molar-refractivity contribution in [1.82, 2.24) is 14.1 Å². The molecule has 0 spiro atoms. The second-order valence-electron chi connectivity index (χ2n) is 10.4. The number of hydrogen-bond donors (Lipinski definition) is 0. The van der Waals surface area contributed by atoms with Crippen molar-refractivity contribution in [3.8, 4) is 0 Å². The van der Waals surface area contributed by atoms with Crippen molar-refractivity contribution in [1.29, 1.82) is 0 Å². The molecule has 198 valence electrons. The summed E-state index contributed by atoms with van der Waals surface area (Å²) in [5, 5.41) is 0. The van der Waals surface area contributed by atoms with Crippen molar-refractivity contribution in [2.24, 2.45) is 5.92 Å². The lowest BCUT2D eigenvalue weighted by Crippen LogP contribution is -2.53. The highest BCUT2D eigenvalue weighted by molar-refractivity contribution is 7.89. The number of benzene rings is 1. The molecule has 6 nitrogen and oxygen atoms in total. The number of nitrogens with zero attached hydrogens (tertiary/aromatic N) is 3. The largest absolute Gasteiger partial charge is 0.402 e. The summed E-state index contributed by atoms with van der Waals surface area (Å²) in [6.07, 6.45) is -3.40. The summed E-state index contributed by atoms with van der Waals surface area (Å²) in [5.41, 5.74) is 1.74. The van der Waals surface area contributed by atoms with Gasteiger partial charge in [-0.25, -0.2) is 8.42 Å². The number of carbonyl (C=O) groups is 1. The maximum atomic E-state index is 13.6. The summed E-state index contributed by atoms with van der Waals surface area (Å²) in [6, 6.07) is 2.99. The normalized spacial score (nSPS) is 22.7. The first-order valence-corrected chi connectivity index (χ1v) is 13.8. The van der Waals surface area contributed by atoms with Gasteiger partial charge in [0.25, 0.3) is 0 Å². The molecular formula is C25H38F3N3O3S. The van der Waals surface area contributed by atoms with E-state index in [9.17, 15) is 26.4 Å². The highest BCUT2D eigenvalue weighted by atomic mass is 32.2. The summed E-state index contributed by atoms with van der Waals surface area (Å²) < 4.78 is 68.4. The van der Waals surface area contributed by atoms with Gasteiger partial charge in [0.1, 0.15) is 6.54 Å². The van der Waals surface area contributed by atoms with E-state index < -0.39 is 28.8 Å². The van der Waals surface area contributed by atoms with Crippen molar-refractivity contribution >= 4 is 15.9 Å². The van der Waals surface area contributed by atoms with Gasteiger partial charge in [0.05, 0.1) is 4.90 Å². The molecule has 10 heteroatoms. The third kappa shape index (κ3) is 6.57. The molecule has 0 bridgehead atoms. The third-order valence-corrected chi connectivity index (χ3v) is 9.52. The van der Waals surface area contributed by atoms with Gasteiger partial charge in [-0.3, -0.25) is 9.69 Å². The molecule has 0 radical (unpaired) electrons. The number of hydrogen-bond acceptors (Lipinski definition) is 4. The Labute approximate surface area is 207 Å². The molecule has 1 aliphatic carbocycles. The number of piperazine rings is 1. The Bertz CT molecular complexity index is 988. The lowest BCUT2D eigenvalue weighted by atomic mass is 9.85. The standard InChI is InChI=1S/C25H38F3N3O3S/c1-17(2)29-10-12-30(13-11-29)24(32)21-6-8-22(9-7-21)31(16-25(26,27)28)35(33,34)23-19(4)14-18(3)15-20(23)5/h14-15,17,21-22H,6-13,16H2,1-5H3/t21-,22-. The average Bonchev–Trinajstić information content (AvgIpc) is 2.75. The number of aryl methyl sites for hydroxylation is 3. The van der Waals surface area contributed by atoms with Gasteiger partial charge in [0, 0.05) is 44.2 Å². The number of rotatable bonds is 6. The van der Waals surface area contributed by atoms with Gasteiger partial charge in [-0.05, 0) is 71.4 Å². The third-order valence-electron chi connectivity index (χ3n) is 7.32. The fourth-order valence-corrected chi connectivity index (χ4v) is 7.69. The van der Waals surface area contributed by atoms with Crippen LogP contribution in [0.3, 0.4) is 0 Å². The van der Waals surface area contributed by atoms with E-state index in [4.69, 9.17) is 0 Å². The Morgan fingerprint density at radius 3 is 1.97 bits per heavy atom. The number of halogens is 3. The van der Waals surface area contributed by atoms with E-state index in [1.807, 2.05) is 11.8 Å². The number of amides is 1. The first-order chi connectivity index (χ1) is 16.2. The zero-order chi connectivity index (χ0) is 26.1. The van der Waals surface area contributed by atoms with Crippen molar-refractivity contribution in [3.63, 3.8) is 0 Å². The van der Waals surface area contributed by atoms with Crippen LogP contribution in [0.5, 0.6) is 0 Å². The van der Waals surface area contributed by atoms with Gasteiger partial charge in [0.2, 0.25) is 15.9 Å². The summed E-state index contributed by atoms with van der Waals surface area (Å²) >= 11 is 0. The van der Waals surface area contributed by atoms with E-state index in [-0.39, 0.29) is 29.6 Å². The predicted molar refractivity (Wildman–Crippen MR) is 130 cm³/mol. The zero-order valence-corrected chi connectivity index (χ0v) is 22.2. The van der Waals surface area contributed by atoms with E-state index in [1.165, 1.54) is 0 Å². The van der Waals surface area contributed by atoms with Crippen LogP contribution < -0.4 is 0 Å². The minimum Gasteiger partial charge on any atom is -0.340 e. The fraction of sp³-hybridized carbons (Fsp3) is 0.720. The molecule has 2 aliphatic rings. The zero-order valence-electron chi connectivity index (χ0n) is 21.4. The molecule has 1 aromatic carbocycles. The molecule has 2 fully saturated rings. The maximum Gasteiger partial charge on any atom is 0.402 e. The second-order valence-corrected chi connectivity index (χ2v) is 12.2. The molecule has 1 amide bonds. The van der Waals surface area contributed by atoms with E-state index in [2.05, 4.69) is 18.7 Å². The Kier molecular flexibility index (Phi) is 8.59. The molecule has 0 aromatic heterocycles. The van der Waals surface area contributed by atoms with Crippen molar-refractivity contribution in [3.05, 3.63) is 28.8 Å². The first-order valence-electron chi connectivity index (χ1n) is 12.4. The molecule has 1 saturated heterocycles. The first kappa shape index (κ1) is 27.9. The van der Waals surface area contributed by atoms with Crippen molar-refractivity contribution < 1.29 is 26.4 Å². The Morgan fingerprint density at radius 2 is 1.51 bits per heavy atom. The van der Waals surface area contributed by atoms with Crippen LogP contribution in [0.2, 0.25) is 0 Å². The maximum absolute atomic E-state index is 13.6. The van der Waals surface area contributed by atoms with Gasteiger partial charge < -0.3 is 4.90 Å². The van der Waals surface area contributed by atoms with Gasteiger partial charge >= 0.3 is 6.18 Å². The number of carbonyl (C=O) groups excluding carboxylic acids is 1.